The van der Waals surface area contributed by atoms with Crippen LogP contribution in [0.4, 0.5) is 0 Å². The fourth-order valence-corrected chi connectivity index (χ4v) is 1.96. The fourth-order valence-electron chi connectivity index (χ4n) is 1.96. The van der Waals surface area contributed by atoms with Crippen LogP contribution < -0.4 is 14.8 Å². The lowest BCUT2D eigenvalue weighted by molar-refractivity contribution is 0.257. The number of methoxy groups -OCH3 is 2. The molecular formula is C12H17NO2. The standard InChI is InChI=1S/C12H17NO2/c1-8-7-13-12(8)9-4-5-10(14-2)11(6-9)15-3/h4-6,8,12-13H,7H2,1-3H3. The lowest BCUT2D eigenvalue weighted by atomic mass is 9.87. The molecule has 1 saturated heterocycles. The third-order valence-corrected chi connectivity index (χ3v) is 3.00. The van der Waals surface area contributed by atoms with Gasteiger partial charge in [0.15, 0.2) is 11.5 Å². The van der Waals surface area contributed by atoms with Crippen LogP contribution in [0, 0.1) is 5.92 Å². The minimum Gasteiger partial charge on any atom is -0.493 e. The molecular weight excluding hydrogens is 190 g/mol. The lowest BCUT2D eigenvalue weighted by Crippen LogP contribution is -2.43. The number of rotatable bonds is 3. The van der Waals surface area contributed by atoms with Gasteiger partial charge in [0.25, 0.3) is 0 Å². The van der Waals surface area contributed by atoms with Gasteiger partial charge in [-0.25, -0.2) is 0 Å². The van der Waals surface area contributed by atoms with Crippen LogP contribution in [0.3, 0.4) is 0 Å². The molecule has 0 aromatic heterocycles. The van der Waals surface area contributed by atoms with Crippen molar-refractivity contribution < 1.29 is 9.47 Å². The van der Waals surface area contributed by atoms with Crippen molar-refractivity contribution in [1.82, 2.24) is 5.32 Å². The topological polar surface area (TPSA) is 30.5 Å². The Hall–Kier alpha value is -1.22. The van der Waals surface area contributed by atoms with E-state index in [0.717, 1.165) is 18.0 Å². The zero-order valence-corrected chi connectivity index (χ0v) is 9.41. The molecule has 3 heteroatoms. The fraction of sp³-hybridized carbons (Fsp3) is 0.500. The summed E-state index contributed by atoms with van der Waals surface area (Å²) < 4.78 is 10.5. The first-order valence-electron chi connectivity index (χ1n) is 5.21. The van der Waals surface area contributed by atoms with Gasteiger partial charge in [-0.1, -0.05) is 13.0 Å². The van der Waals surface area contributed by atoms with Gasteiger partial charge >= 0.3 is 0 Å². The van der Waals surface area contributed by atoms with E-state index in [1.807, 2.05) is 12.1 Å². The molecule has 1 N–H and O–H groups in total. The second-order valence-corrected chi connectivity index (χ2v) is 3.98. The molecule has 0 saturated carbocycles. The third kappa shape index (κ3) is 1.79. The Morgan fingerprint density at radius 3 is 2.40 bits per heavy atom. The molecule has 2 atom stereocenters. The minimum atomic E-state index is 0.463. The lowest BCUT2D eigenvalue weighted by Gasteiger charge is -2.36. The maximum Gasteiger partial charge on any atom is 0.161 e. The number of benzene rings is 1. The van der Waals surface area contributed by atoms with Crippen molar-refractivity contribution in [2.24, 2.45) is 5.92 Å². The molecule has 0 bridgehead atoms. The van der Waals surface area contributed by atoms with Crippen LogP contribution in [0.5, 0.6) is 11.5 Å². The third-order valence-electron chi connectivity index (χ3n) is 3.00. The van der Waals surface area contributed by atoms with Crippen LogP contribution in [-0.2, 0) is 0 Å². The maximum atomic E-state index is 5.28. The zero-order chi connectivity index (χ0) is 10.8. The van der Waals surface area contributed by atoms with E-state index in [9.17, 15) is 0 Å². The smallest absolute Gasteiger partial charge is 0.161 e. The molecule has 0 aliphatic carbocycles. The van der Waals surface area contributed by atoms with E-state index in [2.05, 4.69) is 18.3 Å². The summed E-state index contributed by atoms with van der Waals surface area (Å²) in [6, 6.07) is 6.56. The minimum absolute atomic E-state index is 0.463. The summed E-state index contributed by atoms with van der Waals surface area (Å²) in [4.78, 5) is 0. The largest absolute Gasteiger partial charge is 0.493 e. The first kappa shape index (κ1) is 10.3. The quantitative estimate of drug-likeness (QED) is 0.822. The number of hydrogen-bond acceptors (Lipinski definition) is 3. The van der Waals surface area contributed by atoms with Crippen molar-refractivity contribution >= 4 is 0 Å². The zero-order valence-electron chi connectivity index (χ0n) is 9.41. The van der Waals surface area contributed by atoms with Gasteiger partial charge in [0.05, 0.1) is 14.2 Å². The summed E-state index contributed by atoms with van der Waals surface area (Å²) in [6.45, 7) is 3.34. The van der Waals surface area contributed by atoms with Gasteiger partial charge in [-0.15, -0.1) is 0 Å². The highest BCUT2D eigenvalue weighted by molar-refractivity contribution is 5.44. The highest BCUT2D eigenvalue weighted by atomic mass is 16.5. The number of ether oxygens (including phenoxy) is 2. The SMILES string of the molecule is COc1ccc(C2NCC2C)cc1OC. The Bertz CT molecular complexity index is 351. The maximum absolute atomic E-state index is 5.28. The molecule has 0 amide bonds. The van der Waals surface area contributed by atoms with E-state index < -0.39 is 0 Å². The molecule has 1 fully saturated rings. The van der Waals surface area contributed by atoms with Crippen LogP contribution in [0.2, 0.25) is 0 Å². The molecule has 1 heterocycles. The predicted octanol–water partition coefficient (Wildman–Crippen LogP) is 1.98. The van der Waals surface area contributed by atoms with Gasteiger partial charge in [-0.3, -0.25) is 0 Å². The average molecular weight is 207 g/mol. The first-order chi connectivity index (χ1) is 7.26. The van der Waals surface area contributed by atoms with Crippen molar-refractivity contribution in [2.75, 3.05) is 20.8 Å². The van der Waals surface area contributed by atoms with E-state index >= 15 is 0 Å². The van der Waals surface area contributed by atoms with Crippen molar-refractivity contribution in [3.8, 4) is 11.5 Å². The molecule has 2 unspecified atom stereocenters. The molecule has 1 aromatic carbocycles. The molecule has 15 heavy (non-hydrogen) atoms. The predicted molar refractivity (Wildman–Crippen MR) is 59.5 cm³/mol. The number of hydrogen-bond donors (Lipinski definition) is 1. The van der Waals surface area contributed by atoms with Crippen molar-refractivity contribution in [2.45, 2.75) is 13.0 Å². The molecule has 2 rings (SSSR count). The molecule has 1 aliphatic heterocycles. The Morgan fingerprint density at radius 2 is 1.93 bits per heavy atom. The van der Waals surface area contributed by atoms with Crippen molar-refractivity contribution in [3.05, 3.63) is 23.8 Å². The van der Waals surface area contributed by atoms with Gasteiger partial charge in [0, 0.05) is 12.6 Å². The monoisotopic (exact) mass is 207 g/mol. The van der Waals surface area contributed by atoms with Crippen LogP contribution in [0.25, 0.3) is 0 Å². The van der Waals surface area contributed by atoms with Gasteiger partial charge in [-0.05, 0) is 23.6 Å². The summed E-state index contributed by atoms with van der Waals surface area (Å²) in [7, 11) is 3.32. The van der Waals surface area contributed by atoms with Crippen molar-refractivity contribution in [1.29, 1.82) is 0 Å². The van der Waals surface area contributed by atoms with Crippen LogP contribution in [-0.4, -0.2) is 20.8 Å². The van der Waals surface area contributed by atoms with Gasteiger partial charge in [0.1, 0.15) is 0 Å². The molecule has 0 spiro atoms. The second-order valence-electron chi connectivity index (χ2n) is 3.98. The van der Waals surface area contributed by atoms with Crippen molar-refractivity contribution in [3.63, 3.8) is 0 Å². The summed E-state index contributed by atoms with van der Waals surface area (Å²) >= 11 is 0. The highest BCUT2D eigenvalue weighted by Gasteiger charge is 2.27. The molecule has 3 nitrogen and oxygen atoms in total. The Kier molecular flexibility index (Phi) is 2.82. The van der Waals surface area contributed by atoms with E-state index in [4.69, 9.17) is 9.47 Å². The summed E-state index contributed by atoms with van der Waals surface area (Å²) in [5.41, 5.74) is 1.27. The Morgan fingerprint density at radius 1 is 1.20 bits per heavy atom. The first-order valence-corrected chi connectivity index (χ1v) is 5.21. The van der Waals surface area contributed by atoms with E-state index in [0.29, 0.717) is 12.0 Å². The van der Waals surface area contributed by atoms with Crippen LogP contribution in [0.15, 0.2) is 18.2 Å². The Balaban J connectivity index is 2.26. The molecule has 82 valence electrons. The number of nitrogens with one attached hydrogen (secondary N) is 1. The summed E-state index contributed by atoms with van der Waals surface area (Å²) in [5, 5.41) is 3.40. The van der Waals surface area contributed by atoms with Gasteiger partial charge in [0.2, 0.25) is 0 Å². The highest BCUT2D eigenvalue weighted by Crippen LogP contribution is 2.34. The molecule has 0 radical (unpaired) electrons. The van der Waals surface area contributed by atoms with Crippen LogP contribution >= 0.6 is 0 Å². The van der Waals surface area contributed by atoms with Crippen LogP contribution in [0.1, 0.15) is 18.5 Å². The summed E-state index contributed by atoms with van der Waals surface area (Å²) in [6.07, 6.45) is 0. The van der Waals surface area contributed by atoms with Gasteiger partial charge < -0.3 is 14.8 Å². The van der Waals surface area contributed by atoms with Gasteiger partial charge in [-0.2, -0.15) is 0 Å². The van der Waals surface area contributed by atoms with E-state index in [1.54, 1.807) is 14.2 Å². The normalized spacial score (nSPS) is 24.5. The molecule has 1 aromatic rings. The summed E-state index contributed by atoms with van der Waals surface area (Å²) in [5.74, 6) is 2.28. The Labute approximate surface area is 90.4 Å². The van der Waals surface area contributed by atoms with E-state index in [1.165, 1.54) is 5.56 Å². The van der Waals surface area contributed by atoms with E-state index in [-0.39, 0.29) is 0 Å². The average Bonchev–Trinajstić information content (AvgIpc) is 2.26. The second kappa shape index (κ2) is 4.11. The molecule has 1 aliphatic rings.